The van der Waals surface area contributed by atoms with Crippen molar-refractivity contribution < 1.29 is 5.11 Å². The number of nitrogens with zero attached hydrogens (tertiary/aromatic N) is 2. The molecule has 114 valence electrons. The summed E-state index contributed by atoms with van der Waals surface area (Å²) in [6, 6.07) is 9.72. The quantitative estimate of drug-likeness (QED) is 0.908. The molecule has 1 aliphatic heterocycles. The van der Waals surface area contributed by atoms with Crippen LogP contribution in [-0.4, -0.2) is 16.6 Å². The van der Waals surface area contributed by atoms with Crippen LogP contribution in [0, 0.1) is 0 Å². The maximum atomic E-state index is 9.68. The van der Waals surface area contributed by atoms with Gasteiger partial charge in [-0.15, -0.1) is 24.8 Å². The van der Waals surface area contributed by atoms with Crippen molar-refractivity contribution in [1.82, 2.24) is 4.98 Å². The smallest absolute Gasteiger partial charge is 0.116 e. The molecule has 1 N–H and O–H groups in total. The van der Waals surface area contributed by atoms with E-state index in [9.17, 15) is 5.11 Å². The van der Waals surface area contributed by atoms with Gasteiger partial charge in [-0.05, 0) is 35.4 Å². The molecule has 0 atom stereocenters. The molecule has 3 nitrogen and oxygen atoms in total. The third kappa shape index (κ3) is 3.42. The van der Waals surface area contributed by atoms with Crippen LogP contribution in [0.2, 0.25) is 0 Å². The SMILES string of the molecule is CC1(C)CN(Cc2cccnc2)c2ccc(O)cc21.Cl.Cl. The number of phenols is 1. The molecule has 0 saturated carbocycles. The van der Waals surface area contributed by atoms with Crippen molar-refractivity contribution in [3.63, 3.8) is 0 Å². The highest BCUT2D eigenvalue weighted by Gasteiger charge is 2.35. The first-order valence-electron chi connectivity index (χ1n) is 6.54. The number of anilines is 1. The lowest BCUT2D eigenvalue weighted by molar-refractivity contribution is 0.471. The molecule has 0 unspecified atom stereocenters. The van der Waals surface area contributed by atoms with E-state index in [1.807, 2.05) is 24.4 Å². The number of hydrogen-bond donors (Lipinski definition) is 1. The minimum absolute atomic E-state index is 0. The van der Waals surface area contributed by atoms with Gasteiger partial charge in [-0.3, -0.25) is 4.98 Å². The van der Waals surface area contributed by atoms with Crippen molar-refractivity contribution >= 4 is 30.5 Å². The molecule has 0 amide bonds. The summed E-state index contributed by atoms with van der Waals surface area (Å²) in [4.78, 5) is 6.52. The second-order valence-electron chi connectivity index (χ2n) is 5.80. The molecule has 2 heterocycles. The third-order valence-corrected chi connectivity index (χ3v) is 3.73. The Kier molecular flexibility index (Phi) is 5.48. The Labute approximate surface area is 137 Å². The Morgan fingerprint density at radius 3 is 2.67 bits per heavy atom. The number of rotatable bonds is 2. The van der Waals surface area contributed by atoms with Crippen LogP contribution in [0.4, 0.5) is 5.69 Å². The molecule has 1 aliphatic rings. The van der Waals surface area contributed by atoms with Gasteiger partial charge >= 0.3 is 0 Å². The first kappa shape index (κ1) is 17.6. The van der Waals surface area contributed by atoms with Crippen LogP contribution in [0.25, 0.3) is 0 Å². The number of benzene rings is 1. The predicted octanol–water partition coefficient (Wildman–Crippen LogP) is 3.93. The molecule has 0 radical (unpaired) electrons. The van der Waals surface area contributed by atoms with E-state index < -0.39 is 0 Å². The van der Waals surface area contributed by atoms with Gasteiger partial charge in [-0.25, -0.2) is 0 Å². The van der Waals surface area contributed by atoms with Crippen molar-refractivity contribution in [3.05, 3.63) is 53.9 Å². The molecule has 0 aliphatic carbocycles. The van der Waals surface area contributed by atoms with Gasteiger partial charge in [0.25, 0.3) is 0 Å². The van der Waals surface area contributed by atoms with Crippen LogP contribution < -0.4 is 4.90 Å². The lowest BCUT2D eigenvalue weighted by Crippen LogP contribution is -2.28. The van der Waals surface area contributed by atoms with Crippen LogP contribution in [0.15, 0.2) is 42.7 Å². The second kappa shape index (κ2) is 6.54. The summed E-state index contributed by atoms with van der Waals surface area (Å²) in [7, 11) is 0. The zero-order valence-corrected chi connectivity index (χ0v) is 13.7. The molecule has 3 rings (SSSR count). The van der Waals surface area contributed by atoms with Crippen LogP contribution in [0.3, 0.4) is 0 Å². The lowest BCUT2D eigenvalue weighted by atomic mass is 9.87. The molecule has 1 aromatic carbocycles. The van der Waals surface area contributed by atoms with Gasteiger partial charge in [-0.2, -0.15) is 0 Å². The molecular formula is C16H20Cl2N2O. The summed E-state index contributed by atoms with van der Waals surface area (Å²) in [5, 5.41) is 9.68. The monoisotopic (exact) mass is 326 g/mol. The van der Waals surface area contributed by atoms with Crippen LogP contribution >= 0.6 is 24.8 Å². The average molecular weight is 327 g/mol. The number of phenolic OH excluding ortho intramolecular Hbond substituents is 1. The number of hydrogen-bond acceptors (Lipinski definition) is 3. The summed E-state index contributed by atoms with van der Waals surface area (Å²) >= 11 is 0. The van der Waals surface area contributed by atoms with Gasteiger partial charge in [0.1, 0.15) is 5.75 Å². The highest BCUT2D eigenvalue weighted by Crippen LogP contribution is 2.42. The summed E-state index contributed by atoms with van der Waals surface area (Å²) in [6.45, 7) is 6.25. The average Bonchev–Trinajstić information content (AvgIpc) is 2.62. The molecule has 1 aromatic heterocycles. The lowest BCUT2D eigenvalue weighted by Gasteiger charge is -2.22. The summed E-state index contributed by atoms with van der Waals surface area (Å²) < 4.78 is 0. The number of fused-ring (bicyclic) bond motifs is 1. The Morgan fingerprint density at radius 1 is 1.24 bits per heavy atom. The number of aromatic hydroxyl groups is 1. The molecule has 0 bridgehead atoms. The van der Waals surface area contributed by atoms with Gasteiger partial charge in [0.2, 0.25) is 0 Å². The fraction of sp³-hybridized carbons (Fsp3) is 0.312. The van der Waals surface area contributed by atoms with E-state index in [1.165, 1.54) is 16.8 Å². The third-order valence-electron chi connectivity index (χ3n) is 3.73. The number of pyridine rings is 1. The molecule has 5 heteroatoms. The van der Waals surface area contributed by atoms with E-state index >= 15 is 0 Å². The minimum Gasteiger partial charge on any atom is -0.508 e. The summed E-state index contributed by atoms with van der Waals surface area (Å²) in [5.41, 5.74) is 3.71. The Balaban J connectivity index is 0.00000110. The maximum Gasteiger partial charge on any atom is 0.116 e. The molecule has 0 fully saturated rings. The fourth-order valence-electron chi connectivity index (χ4n) is 2.84. The first-order valence-corrected chi connectivity index (χ1v) is 6.54. The topological polar surface area (TPSA) is 36.4 Å². The molecular weight excluding hydrogens is 307 g/mol. The predicted molar refractivity (Wildman–Crippen MR) is 90.9 cm³/mol. The summed E-state index contributed by atoms with van der Waals surface area (Å²) in [5.74, 6) is 0.343. The Hall–Kier alpha value is -1.45. The van der Waals surface area contributed by atoms with Crippen LogP contribution in [-0.2, 0) is 12.0 Å². The van der Waals surface area contributed by atoms with Gasteiger partial charge in [-0.1, -0.05) is 19.9 Å². The highest BCUT2D eigenvalue weighted by atomic mass is 35.5. The Bertz CT molecular complexity index is 602. The van der Waals surface area contributed by atoms with Crippen molar-refractivity contribution in [3.8, 4) is 5.75 Å². The standard InChI is InChI=1S/C16H18N2O.2ClH/c1-16(2)11-18(10-12-4-3-7-17-9-12)15-6-5-13(19)8-14(15)16;;/h3-9,19H,10-11H2,1-2H3;2*1H. The van der Waals surface area contributed by atoms with Gasteiger partial charge in [0.05, 0.1) is 0 Å². The van der Waals surface area contributed by atoms with Gasteiger partial charge in [0, 0.05) is 36.6 Å². The number of aromatic nitrogens is 1. The van der Waals surface area contributed by atoms with E-state index in [-0.39, 0.29) is 30.2 Å². The van der Waals surface area contributed by atoms with E-state index in [2.05, 4.69) is 29.8 Å². The second-order valence-corrected chi connectivity index (χ2v) is 5.80. The van der Waals surface area contributed by atoms with E-state index in [0.29, 0.717) is 5.75 Å². The van der Waals surface area contributed by atoms with Crippen LogP contribution in [0.1, 0.15) is 25.0 Å². The summed E-state index contributed by atoms with van der Waals surface area (Å²) in [6.07, 6.45) is 3.70. The van der Waals surface area contributed by atoms with E-state index in [0.717, 1.165) is 13.1 Å². The fourth-order valence-corrected chi connectivity index (χ4v) is 2.84. The van der Waals surface area contributed by atoms with Gasteiger partial charge < -0.3 is 10.0 Å². The number of halogens is 2. The zero-order valence-electron chi connectivity index (χ0n) is 12.1. The van der Waals surface area contributed by atoms with Crippen molar-refractivity contribution in [2.45, 2.75) is 25.8 Å². The van der Waals surface area contributed by atoms with Crippen molar-refractivity contribution in [1.29, 1.82) is 0 Å². The zero-order chi connectivity index (χ0) is 13.5. The van der Waals surface area contributed by atoms with Crippen LogP contribution in [0.5, 0.6) is 5.75 Å². The van der Waals surface area contributed by atoms with Crippen molar-refractivity contribution in [2.75, 3.05) is 11.4 Å². The molecule has 0 saturated heterocycles. The molecule has 21 heavy (non-hydrogen) atoms. The largest absolute Gasteiger partial charge is 0.508 e. The van der Waals surface area contributed by atoms with Gasteiger partial charge in [0.15, 0.2) is 0 Å². The minimum atomic E-state index is 0. The molecule has 2 aromatic rings. The normalized spacial score (nSPS) is 14.9. The Morgan fingerprint density at radius 2 is 2.00 bits per heavy atom. The van der Waals surface area contributed by atoms with Crippen molar-refractivity contribution in [2.24, 2.45) is 0 Å². The first-order chi connectivity index (χ1) is 9.06. The van der Waals surface area contributed by atoms with E-state index in [4.69, 9.17) is 0 Å². The molecule has 0 spiro atoms. The maximum absolute atomic E-state index is 9.68. The highest BCUT2D eigenvalue weighted by molar-refractivity contribution is 5.85. The van der Waals surface area contributed by atoms with E-state index in [1.54, 1.807) is 12.3 Å².